The van der Waals surface area contributed by atoms with E-state index in [1.807, 2.05) is 4.90 Å². The maximum Gasteiger partial charge on any atom is 0.223 e. The van der Waals surface area contributed by atoms with Crippen molar-refractivity contribution in [2.75, 3.05) is 13.1 Å². The minimum Gasteiger partial charge on any atom is -0.340 e. The molecule has 15 heavy (non-hydrogen) atoms. The van der Waals surface area contributed by atoms with Crippen molar-refractivity contribution in [3.8, 4) is 0 Å². The van der Waals surface area contributed by atoms with Gasteiger partial charge in [0.05, 0.1) is 0 Å². The van der Waals surface area contributed by atoms with Gasteiger partial charge in [-0.25, -0.2) is 0 Å². The Balaban J connectivity index is 2.39. The molecule has 0 bridgehead atoms. The zero-order valence-corrected chi connectivity index (χ0v) is 10.6. The molecule has 3 heteroatoms. The summed E-state index contributed by atoms with van der Waals surface area (Å²) in [7, 11) is 0. The third-order valence-corrected chi connectivity index (χ3v) is 2.78. The molecule has 1 unspecified atom stereocenters. The van der Waals surface area contributed by atoms with E-state index in [1.165, 1.54) is 0 Å². The summed E-state index contributed by atoms with van der Waals surface area (Å²) in [4.78, 5) is 13.6. The second-order valence-electron chi connectivity index (χ2n) is 5.84. The second-order valence-corrected chi connectivity index (χ2v) is 5.84. The zero-order valence-electron chi connectivity index (χ0n) is 10.6. The van der Waals surface area contributed by atoms with Crippen LogP contribution in [0.15, 0.2) is 0 Å². The van der Waals surface area contributed by atoms with E-state index in [1.54, 1.807) is 0 Å². The molecule has 0 radical (unpaired) electrons. The average molecular weight is 212 g/mol. The number of rotatable bonds is 3. The molecule has 0 saturated carbocycles. The summed E-state index contributed by atoms with van der Waals surface area (Å²) < 4.78 is 0. The smallest absolute Gasteiger partial charge is 0.223 e. The molecule has 0 aromatic rings. The fourth-order valence-corrected chi connectivity index (χ4v) is 1.89. The van der Waals surface area contributed by atoms with Crippen LogP contribution in [0, 0.1) is 5.92 Å². The van der Waals surface area contributed by atoms with Gasteiger partial charge in [-0.2, -0.15) is 0 Å². The molecule has 1 amide bonds. The molecule has 1 aliphatic heterocycles. The van der Waals surface area contributed by atoms with Gasteiger partial charge in [0.25, 0.3) is 0 Å². The Bertz CT molecular complexity index is 230. The van der Waals surface area contributed by atoms with Gasteiger partial charge >= 0.3 is 0 Å². The second kappa shape index (κ2) is 4.52. The molecule has 0 spiro atoms. The van der Waals surface area contributed by atoms with Crippen LogP contribution in [0.1, 0.15) is 41.0 Å². The largest absolute Gasteiger partial charge is 0.340 e. The Hall–Kier alpha value is -0.570. The van der Waals surface area contributed by atoms with Gasteiger partial charge < -0.3 is 10.2 Å². The molecule has 1 N–H and O–H groups in total. The van der Waals surface area contributed by atoms with Gasteiger partial charge in [0, 0.05) is 31.1 Å². The SMILES string of the molecule is CC(C)N1CC(CNC(C)(C)C)CC1=O. The lowest BCUT2D eigenvalue weighted by Gasteiger charge is -2.24. The molecule has 1 heterocycles. The lowest BCUT2D eigenvalue weighted by molar-refractivity contribution is -0.129. The van der Waals surface area contributed by atoms with E-state index in [9.17, 15) is 4.79 Å². The highest BCUT2D eigenvalue weighted by molar-refractivity contribution is 5.78. The van der Waals surface area contributed by atoms with E-state index >= 15 is 0 Å². The van der Waals surface area contributed by atoms with Gasteiger partial charge in [-0.1, -0.05) is 0 Å². The average Bonchev–Trinajstić information content (AvgIpc) is 2.42. The van der Waals surface area contributed by atoms with Gasteiger partial charge in [-0.05, 0) is 40.5 Å². The molecule has 0 aliphatic carbocycles. The first-order valence-electron chi connectivity index (χ1n) is 5.84. The van der Waals surface area contributed by atoms with E-state index in [-0.39, 0.29) is 5.54 Å². The number of nitrogens with zero attached hydrogens (tertiary/aromatic N) is 1. The molecule has 1 atom stereocenters. The van der Waals surface area contributed by atoms with Gasteiger partial charge in [0.2, 0.25) is 5.91 Å². The predicted molar refractivity (Wildman–Crippen MR) is 62.7 cm³/mol. The quantitative estimate of drug-likeness (QED) is 0.771. The molecule has 88 valence electrons. The molecule has 3 nitrogen and oxygen atoms in total. The summed E-state index contributed by atoms with van der Waals surface area (Å²) in [6.07, 6.45) is 0.710. The normalized spacial score (nSPS) is 22.9. The molecule has 0 aromatic heterocycles. The summed E-state index contributed by atoms with van der Waals surface area (Å²) in [5.74, 6) is 0.796. The highest BCUT2D eigenvalue weighted by atomic mass is 16.2. The first-order valence-corrected chi connectivity index (χ1v) is 5.84. The van der Waals surface area contributed by atoms with Crippen molar-refractivity contribution in [1.82, 2.24) is 10.2 Å². The van der Waals surface area contributed by atoms with E-state index < -0.39 is 0 Å². The maximum atomic E-state index is 11.6. The van der Waals surface area contributed by atoms with Gasteiger partial charge in [0.15, 0.2) is 0 Å². The molecule has 0 aromatic carbocycles. The van der Waals surface area contributed by atoms with Crippen LogP contribution in [-0.4, -0.2) is 35.5 Å². The van der Waals surface area contributed by atoms with E-state index in [0.717, 1.165) is 13.1 Å². The fraction of sp³-hybridized carbons (Fsp3) is 0.917. The van der Waals surface area contributed by atoms with Gasteiger partial charge in [-0.3, -0.25) is 4.79 Å². The number of hydrogen-bond donors (Lipinski definition) is 1. The van der Waals surface area contributed by atoms with Gasteiger partial charge in [-0.15, -0.1) is 0 Å². The topological polar surface area (TPSA) is 32.3 Å². The number of hydrogen-bond acceptors (Lipinski definition) is 2. The molecule has 1 saturated heterocycles. The Labute approximate surface area is 93.2 Å². The van der Waals surface area contributed by atoms with Crippen LogP contribution in [-0.2, 0) is 4.79 Å². The number of amides is 1. The van der Waals surface area contributed by atoms with E-state index in [4.69, 9.17) is 0 Å². The first kappa shape index (κ1) is 12.5. The molecule has 1 fully saturated rings. The minimum atomic E-state index is 0.147. The summed E-state index contributed by atoms with van der Waals surface area (Å²) in [5, 5.41) is 3.46. The molecular weight excluding hydrogens is 188 g/mol. The van der Waals surface area contributed by atoms with Crippen molar-refractivity contribution in [3.63, 3.8) is 0 Å². The van der Waals surface area contributed by atoms with E-state index in [2.05, 4.69) is 39.9 Å². The van der Waals surface area contributed by atoms with Crippen molar-refractivity contribution >= 4 is 5.91 Å². The third-order valence-electron chi connectivity index (χ3n) is 2.78. The highest BCUT2D eigenvalue weighted by Gasteiger charge is 2.31. The number of carbonyl (C=O) groups excluding carboxylic acids is 1. The molecule has 1 aliphatic rings. The predicted octanol–water partition coefficient (Wildman–Crippen LogP) is 1.63. The first-order chi connectivity index (χ1) is 6.79. The Morgan fingerprint density at radius 3 is 2.47 bits per heavy atom. The summed E-state index contributed by atoms with van der Waals surface area (Å²) in [6, 6.07) is 0.345. The Morgan fingerprint density at radius 2 is 2.07 bits per heavy atom. The minimum absolute atomic E-state index is 0.147. The standard InChI is InChI=1S/C12H24N2O/c1-9(2)14-8-10(6-11(14)15)7-13-12(3,4)5/h9-10,13H,6-8H2,1-5H3. The van der Waals surface area contributed by atoms with E-state index in [0.29, 0.717) is 24.3 Å². The van der Waals surface area contributed by atoms with Crippen molar-refractivity contribution in [1.29, 1.82) is 0 Å². The lowest BCUT2D eigenvalue weighted by Crippen LogP contribution is -2.40. The van der Waals surface area contributed by atoms with Crippen LogP contribution in [0.3, 0.4) is 0 Å². The number of nitrogens with one attached hydrogen (secondary N) is 1. The van der Waals surface area contributed by atoms with Crippen molar-refractivity contribution in [2.24, 2.45) is 5.92 Å². The van der Waals surface area contributed by atoms with Crippen LogP contribution >= 0.6 is 0 Å². The van der Waals surface area contributed by atoms with Crippen LogP contribution in [0.5, 0.6) is 0 Å². The van der Waals surface area contributed by atoms with Crippen molar-refractivity contribution in [3.05, 3.63) is 0 Å². The summed E-state index contributed by atoms with van der Waals surface area (Å²) >= 11 is 0. The Kier molecular flexibility index (Phi) is 3.77. The maximum absolute atomic E-state index is 11.6. The van der Waals surface area contributed by atoms with Crippen LogP contribution in [0.4, 0.5) is 0 Å². The van der Waals surface area contributed by atoms with Crippen LogP contribution in [0.2, 0.25) is 0 Å². The number of carbonyl (C=O) groups is 1. The third kappa shape index (κ3) is 3.82. The van der Waals surface area contributed by atoms with Crippen LogP contribution < -0.4 is 5.32 Å². The van der Waals surface area contributed by atoms with Gasteiger partial charge in [0.1, 0.15) is 0 Å². The van der Waals surface area contributed by atoms with Crippen molar-refractivity contribution < 1.29 is 4.79 Å². The summed E-state index contributed by atoms with van der Waals surface area (Å²) in [6.45, 7) is 12.5. The monoisotopic (exact) mass is 212 g/mol. The number of likely N-dealkylation sites (tertiary alicyclic amines) is 1. The molecular formula is C12H24N2O. The fourth-order valence-electron chi connectivity index (χ4n) is 1.89. The summed E-state index contributed by atoms with van der Waals surface area (Å²) in [5.41, 5.74) is 0.147. The zero-order chi connectivity index (χ0) is 11.6. The highest BCUT2D eigenvalue weighted by Crippen LogP contribution is 2.19. The molecule has 1 rings (SSSR count). The van der Waals surface area contributed by atoms with Crippen LogP contribution in [0.25, 0.3) is 0 Å². The lowest BCUT2D eigenvalue weighted by atomic mass is 10.1. The Morgan fingerprint density at radius 1 is 1.47 bits per heavy atom. The van der Waals surface area contributed by atoms with Crippen molar-refractivity contribution in [2.45, 2.75) is 52.6 Å².